The average molecular weight is 604 g/mol. The summed E-state index contributed by atoms with van der Waals surface area (Å²) in [6.45, 7) is 9.41. The number of cyclic esters (lactones) is 2. The molecule has 0 bridgehead atoms. The Morgan fingerprint density at radius 3 is 1.78 bits per heavy atom. The monoisotopic (exact) mass is 603 g/mol. The summed E-state index contributed by atoms with van der Waals surface area (Å²) in [7, 11) is 0. The first-order valence-corrected chi connectivity index (χ1v) is 15.4. The second kappa shape index (κ2) is 14.0. The lowest BCUT2D eigenvalue weighted by atomic mass is 9.87. The summed E-state index contributed by atoms with van der Waals surface area (Å²) in [5.74, 6) is -2.18. The highest BCUT2D eigenvalue weighted by Crippen LogP contribution is 2.35. The zero-order valence-electron chi connectivity index (χ0n) is 26.4. The zero-order chi connectivity index (χ0) is 31.9. The highest BCUT2D eigenvalue weighted by atomic mass is 16.7. The van der Waals surface area contributed by atoms with Crippen LogP contribution in [0.3, 0.4) is 0 Å². The van der Waals surface area contributed by atoms with E-state index in [4.69, 9.17) is 14.2 Å². The van der Waals surface area contributed by atoms with E-state index < -0.39 is 23.8 Å². The van der Waals surface area contributed by atoms with E-state index in [9.17, 15) is 9.59 Å². The van der Waals surface area contributed by atoms with Gasteiger partial charge in [-0.05, 0) is 71.8 Å². The molecule has 6 nitrogen and oxygen atoms in total. The van der Waals surface area contributed by atoms with Gasteiger partial charge in [-0.1, -0.05) is 106 Å². The molecule has 0 radical (unpaired) electrons. The molecular formula is C39H41NO5. The van der Waals surface area contributed by atoms with E-state index in [0.29, 0.717) is 24.5 Å². The molecule has 0 amide bonds. The van der Waals surface area contributed by atoms with Crippen molar-refractivity contribution in [3.05, 3.63) is 149 Å². The van der Waals surface area contributed by atoms with Gasteiger partial charge in [-0.3, -0.25) is 0 Å². The summed E-state index contributed by atoms with van der Waals surface area (Å²) in [5.41, 5.74) is 5.36. The Kier molecular flexibility index (Phi) is 9.84. The van der Waals surface area contributed by atoms with Crippen molar-refractivity contribution in [3.8, 4) is 5.75 Å². The molecule has 1 atom stereocenters. The van der Waals surface area contributed by atoms with Gasteiger partial charge in [-0.15, -0.1) is 0 Å². The molecule has 232 valence electrons. The normalized spacial score (nSPS) is 15.2. The van der Waals surface area contributed by atoms with Crippen molar-refractivity contribution in [1.29, 1.82) is 0 Å². The lowest BCUT2D eigenvalue weighted by molar-refractivity contribution is -0.236. The van der Waals surface area contributed by atoms with Crippen LogP contribution >= 0.6 is 0 Å². The number of esters is 2. The minimum Gasteiger partial charge on any atom is -0.489 e. The number of hydrogen-bond donors (Lipinski definition) is 1. The Bertz CT molecular complexity index is 1530. The molecule has 1 aliphatic heterocycles. The number of rotatable bonds is 11. The highest BCUT2D eigenvalue weighted by Gasteiger charge is 2.47. The maximum absolute atomic E-state index is 12.7. The molecule has 0 saturated heterocycles. The van der Waals surface area contributed by atoms with Crippen molar-refractivity contribution >= 4 is 11.9 Å². The fourth-order valence-corrected chi connectivity index (χ4v) is 5.59. The van der Waals surface area contributed by atoms with Crippen LogP contribution in [0.1, 0.15) is 67.9 Å². The van der Waals surface area contributed by atoms with E-state index in [0.717, 1.165) is 24.1 Å². The Morgan fingerprint density at radius 2 is 1.27 bits per heavy atom. The molecule has 1 N–H and O–H groups in total. The number of hydrogen-bond acceptors (Lipinski definition) is 6. The van der Waals surface area contributed by atoms with Gasteiger partial charge in [0.2, 0.25) is 0 Å². The van der Waals surface area contributed by atoms with E-state index in [1.54, 1.807) is 24.3 Å². The smallest absolute Gasteiger partial charge is 0.334 e. The summed E-state index contributed by atoms with van der Waals surface area (Å²) in [6, 6.07) is 35.7. The quantitative estimate of drug-likeness (QED) is 0.178. The Morgan fingerprint density at radius 1 is 0.733 bits per heavy atom. The van der Waals surface area contributed by atoms with E-state index in [2.05, 4.69) is 74.6 Å². The van der Waals surface area contributed by atoms with E-state index in [1.807, 2.05) is 43.3 Å². The predicted octanol–water partition coefficient (Wildman–Crippen LogP) is 7.57. The molecule has 45 heavy (non-hydrogen) atoms. The predicted molar refractivity (Wildman–Crippen MR) is 176 cm³/mol. The molecule has 1 aliphatic rings. The van der Waals surface area contributed by atoms with Gasteiger partial charge in [-0.25, -0.2) is 9.59 Å². The van der Waals surface area contributed by atoms with Crippen LogP contribution in [-0.4, -0.2) is 24.5 Å². The van der Waals surface area contributed by atoms with Crippen LogP contribution in [-0.2, 0) is 36.9 Å². The third-order valence-electron chi connectivity index (χ3n) is 8.20. The van der Waals surface area contributed by atoms with Gasteiger partial charge >= 0.3 is 11.9 Å². The second-order valence-electron chi connectivity index (χ2n) is 12.4. The molecule has 5 rings (SSSR count). The van der Waals surface area contributed by atoms with Crippen LogP contribution in [0.2, 0.25) is 0 Å². The van der Waals surface area contributed by atoms with Crippen LogP contribution < -0.4 is 10.1 Å². The first kappa shape index (κ1) is 31.7. The standard InChI is InChI=1S/C39H41NO5/c1-28(40-26-25-35(30-11-7-5-8-12-30)31-13-9-6-10-14-31)39(44-36(41)23-24-37(42)45-39)33-19-21-34(22-20-33)43-27-29-15-17-32(18-16-29)38(2,3)4/h5-24,28,35,40H,25-27H2,1-4H3. The largest absolute Gasteiger partial charge is 0.489 e. The summed E-state index contributed by atoms with van der Waals surface area (Å²) >= 11 is 0. The van der Waals surface area contributed by atoms with E-state index >= 15 is 0 Å². The third-order valence-corrected chi connectivity index (χ3v) is 8.20. The molecule has 0 saturated carbocycles. The lowest BCUT2D eigenvalue weighted by Gasteiger charge is -2.37. The lowest BCUT2D eigenvalue weighted by Crippen LogP contribution is -2.52. The highest BCUT2D eigenvalue weighted by molar-refractivity contribution is 5.93. The minimum absolute atomic E-state index is 0.0864. The summed E-state index contributed by atoms with van der Waals surface area (Å²) in [6.07, 6.45) is 2.97. The molecule has 6 heteroatoms. The van der Waals surface area contributed by atoms with Crippen LogP contribution in [0.4, 0.5) is 0 Å². The van der Waals surface area contributed by atoms with Gasteiger partial charge in [0.1, 0.15) is 12.4 Å². The first-order chi connectivity index (χ1) is 21.6. The Labute approximate surface area is 266 Å². The number of nitrogens with one attached hydrogen (secondary N) is 1. The fraction of sp³-hybridized carbons (Fsp3) is 0.282. The minimum atomic E-state index is -1.67. The van der Waals surface area contributed by atoms with E-state index in [1.165, 1.54) is 16.7 Å². The van der Waals surface area contributed by atoms with Gasteiger partial charge in [0.25, 0.3) is 5.79 Å². The number of carbonyl (C=O) groups is 2. The van der Waals surface area contributed by atoms with Crippen molar-refractivity contribution in [2.24, 2.45) is 0 Å². The van der Waals surface area contributed by atoms with Crippen molar-refractivity contribution in [1.82, 2.24) is 5.32 Å². The van der Waals surface area contributed by atoms with Gasteiger partial charge < -0.3 is 19.5 Å². The van der Waals surface area contributed by atoms with Crippen molar-refractivity contribution in [3.63, 3.8) is 0 Å². The van der Waals surface area contributed by atoms with Gasteiger partial charge in [0.05, 0.1) is 6.04 Å². The molecule has 1 heterocycles. The van der Waals surface area contributed by atoms with E-state index in [-0.39, 0.29) is 11.3 Å². The summed E-state index contributed by atoms with van der Waals surface area (Å²) in [4.78, 5) is 25.4. The molecule has 0 aliphatic carbocycles. The van der Waals surface area contributed by atoms with Gasteiger partial charge in [-0.2, -0.15) is 0 Å². The number of carbonyl (C=O) groups excluding carboxylic acids is 2. The summed E-state index contributed by atoms with van der Waals surface area (Å²) in [5, 5.41) is 3.49. The maximum Gasteiger partial charge on any atom is 0.334 e. The SMILES string of the molecule is CC(NCCC(c1ccccc1)c1ccccc1)C1(c2ccc(OCc3ccc(C(C)(C)C)cc3)cc2)OC(=O)C=CC(=O)O1. The van der Waals surface area contributed by atoms with Crippen molar-refractivity contribution in [2.45, 2.75) is 63.9 Å². The first-order valence-electron chi connectivity index (χ1n) is 15.4. The van der Waals surface area contributed by atoms with Crippen LogP contribution in [0.25, 0.3) is 0 Å². The second-order valence-corrected chi connectivity index (χ2v) is 12.4. The molecule has 4 aromatic rings. The Balaban J connectivity index is 1.31. The zero-order valence-corrected chi connectivity index (χ0v) is 26.4. The molecule has 0 fully saturated rings. The van der Waals surface area contributed by atoms with Crippen LogP contribution in [0.5, 0.6) is 5.75 Å². The maximum atomic E-state index is 12.7. The fourth-order valence-electron chi connectivity index (χ4n) is 5.59. The number of benzene rings is 4. The van der Waals surface area contributed by atoms with Crippen LogP contribution in [0.15, 0.2) is 121 Å². The Hall–Kier alpha value is -4.68. The average Bonchev–Trinajstić information content (AvgIpc) is 3.21. The molecule has 0 aromatic heterocycles. The number of ether oxygens (including phenoxy) is 3. The third kappa shape index (κ3) is 7.89. The molecule has 0 spiro atoms. The van der Waals surface area contributed by atoms with Crippen LogP contribution in [0, 0.1) is 0 Å². The molecule has 4 aromatic carbocycles. The molecule has 1 unspecified atom stereocenters. The van der Waals surface area contributed by atoms with Gasteiger partial charge in [0.15, 0.2) is 0 Å². The van der Waals surface area contributed by atoms with Crippen molar-refractivity contribution in [2.75, 3.05) is 6.54 Å². The summed E-state index contributed by atoms with van der Waals surface area (Å²) < 4.78 is 17.8. The molecular weight excluding hydrogens is 562 g/mol. The van der Waals surface area contributed by atoms with Crippen molar-refractivity contribution < 1.29 is 23.8 Å². The topological polar surface area (TPSA) is 73.9 Å². The van der Waals surface area contributed by atoms with Gasteiger partial charge in [0, 0.05) is 23.6 Å².